The summed E-state index contributed by atoms with van der Waals surface area (Å²) in [6.07, 6.45) is 1.59. The van der Waals surface area contributed by atoms with Gasteiger partial charge in [0.2, 0.25) is 0 Å². The van der Waals surface area contributed by atoms with Crippen LogP contribution in [0.25, 0.3) is 11.2 Å². The van der Waals surface area contributed by atoms with E-state index in [1.54, 1.807) is 18.4 Å². The van der Waals surface area contributed by atoms with E-state index in [-0.39, 0.29) is 1.43 Å². The highest BCUT2D eigenvalue weighted by atomic mass is 16.4. The van der Waals surface area contributed by atoms with Gasteiger partial charge in [0.15, 0.2) is 11.2 Å². The molecule has 0 saturated carbocycles. The van der Waals surface area contributed by atoms with E-state index in [2.05, 4.69) is 6.92 Å². The molecule has 1 radical (unpaired) electrons. The smallest absolute Gasteiger partial charge is 0.461 e. The normalized spacial score (nSPS) is 10.8. The van der Waals surface area contributed by atoms with Crippen LogP contribution in [0.4, 0.5) is 0 Å². The maximum atomic E-state index is 5.10. The molecule has 45 valence electrons. The van der Waals surface area contributed by atoms with Gasteiger partial charge in [-0.1, -0.05) is 0 Å². The lowest BCUT2D eigenvalue weighted by molar-refractivity contribution is 0.594. The van der Waals surface area contributed by atoms with E-state index in [1.807, 2.05) is 0 Å². The summed E-state index contributed by atoms with van der Waals surface area (Å²) in [7, 11) is 0. The van der Waals surface area contributed by atoms with Crippen LogP contribution < -0.4 is 0 Å². The Bertz CT molecular complexity index is 292. The summed E-state index contributed by atoms with van der Waals surface area (Å²) in [5.41, 5.74) is 1.53. The van der Waals surface area contributed by atoms with Crippen molar-refractivity contribution in [3.05, 3.63) is 31.1 Å². The monoisotopic (exact) mass is 122 g/mol. The Hall–Kier alpha value is -1.18. The zero-order valence-electron chi connectivity index (χ0n) is 5.76. The minimum absolute atomic E-state index is 0. The van der Waals surface area contributed by atoms with Gasteiger partial charge in [0.1, 0.15) is 5.76 Å². The van der Waals surface area contributed by atoms with Gasteiger partial charge in [0.05, 0.1) is 6.26 Å². The second-order valence-electron chi connectivity index (χ2n) is 1.86. The fraction of sp³-hybridized carbons (Fsp3) is 0. The van der Waals surface area contributed by atoms with E-state index < -0.39 is 0 Å². The van der Waals surface area contributed by atoms with Crippen molar-refractivity contribution in [2.75, 3.05) is 0 Å². The van der Waals surface area contributed by atoms with E-state index in [1.165, 1.54) is 0 Å². The molecule has 2 rings (SSSR count). The van der Waals surface area contributed by atoms with Crippen molar-refractivity contribution in [1.29, 1.82) is 0 Å². The van der Waals surface area contributed by atoms with Crippen LogP contribution in [0.1, 0.15) is 7.19 Å². The lowest BCUT2D eigenvalue weighted by Crippen LogP contribution is -1.51. The van der Waals surface area contributed by atoms with Crippen molar-refractivity contribution in [3.63, 3.8) is 0 Å². The molecule has 2 heterocycles. The maximum Gasteiger partial charge on any atom is 1.00 e. The van der Waals surface area contributed by atoms with E-state index in [0.717, 1.165) is 11.2 Å². The van der Waals surface area contributed by atoms with Gasteiger partial charge in [-0.3, -0.25) is 0 Å². The Balaban J connectivity index is 0.000000500. The van der Waals surface area contributed by atoms with Crippen LogP contribution in [-0.4, -0.2) is 0 Å². The highest BCUT2D eigenvalue weighted by molar-refractivity contribution is 5.71. The SMILES string of the molecule is [CH2]c1cc2occc2o1.[H+]. The number of hydrogen-bond acceptors (Lipinski definition) is 2. The third kappa shape index (κ3) is 0.560. The molecule has 0 aliphatic rings. The van der Waals surface area contributed by atoms with Gasteiger partial charge in [-0.25, -0.2) is 0 Å². The Morgan fingerprint density at radius 2 is 2.33 bits per heavy atom. The van der Waals surface area contributed by atoms with E-state index >= 15 is 0 Å². The number of rotatable bonds is 0. The third-order valence-electron chi connectivity index (χ3n) is 1.19. The second-order valence-corrected chi connectivity index (χ2v) is 1.86. The largest absolute Gasteiger partial charge is 1.00 e. The molecule has 0 saturated heterocycles. The standard InChI is InChI=1S/C7H5O2/c1-5-4-7-6(9-5)2-3-8-7/h2-4H,1H2/p+1. The lowest BCUT2D eigenvalue weighted by Gasteiger charge is -1.72. The van der Waals surface area contributed by atoms with Crippen molar-refractivity contribution in [2.24, 2.45) is 0 Å². The molecule has 0 bridgehead atoms. The molecule has 0 aromatic carbocycles. The maximum absolute atomic E-state index is 5.10. The summed E-state index contributed by atoms with van der Waals surface area (Å²) < 4.78 is 10.1. The molecule has 2 aromatic rings. The molecule has 0 aliphatic heterocycles. The summed E-state index contributed by atoms with van der Waals surface area (Å²) in [5.74, 6) is 0.643. The first kappa shape index (κ1) is 4.68. The molecule has 0 N–H and O–H groups in total. The first-order valence-electron chi connectivity index (χ1n) is 2.65. The van der Waals surface area contributed by atoms with Crippen molar-refractivity contribution in [3.8, 4) is 0 Å². The number of hydrogen-bond donors (Lipinski definition) is 0. The lowest BCUT2D eigenvalue weighted by atomic mass is 10.5. The van der Waals surface area contributed by atoms with Gasteiger partial charge in [0.25, 0.3) is 0 Å². The molecule has 2 aromatic heterocycles. The molecule has 0 spiro atoms. The van der Waals surface area contributed by atoms with Crippen LogP contribution in [0.3, 0.4) is 0 Å². The van der Waals surface area contributed by atoms with E-state index in [9.17, 15) is 0 Å². The molecule has 0 atom stereocenters. The fourth-order valence-corrected chi connectivity index (χ4v) is 0.816. The van der Waals surface area contributed by atoms with Crippen LogP contribution in [0.15, 0.2) is 27.2 Å². The number of fused-ring (bicyclic) bond motifs is 1. The Kier molecular flexibility index (Phi) is 0.730. The van der Waals surface area contributed by atoms with E-state index in [4.69, 9.17) is 8.83 Å². The van der Waals surface area contributed by atoms with Crippen molar-refractivity contribution in [2.45, 2.75) is 0 Å². The Labute approximate surface area is 53.6 Å². The van der Waals surface area contributed by atoms with Crippen molar-refractivity contribution >= 4 is 11.2 Å². The summed E-state index contributed by atoms with van der Waals surface area (Å²) >= 11 is 0. The first-order valence-corrected chi connectivity index (χ1v) is 2.65. The zero-order chi connectivity index (χ0) is 6.27. The predicted molar refractivity (Wildman–Crippen MR) is 34.1 cm³/mol. The molecule has 0 aliphatic carbocycles. The summed E-state index contributed by atoms with van der Waals surface area (Å²) in [6, 6.07) is 3.53. The minimum Gasteiger partial charge on any atom is -0.461 e. The van der Waals surface area contributed by atoms with Crippen molar-refractivity contribution in [1.82, 2.24) is 0 Å². The van der Waals surface area contributed by atoms with Crippen molar-refractivity contribution < 1.29 is 10.3 Å². The highest BCUT2D eigenvalue weighted by Crippen LogP contribution is 2.18. The zero-order valence-corrected chi connectivity index (χ0v) is 4.76. The van der Waals surface area contributed by atoms with Gasteiger partial charge in [-0.2, -0.15) is 0 Å². The van der Waals surface area contributed by atoms with Gasteiger partial charge in [-0.15, -0.1) is 0 Å². The average molecular weight is 122 g/mol. The van der Waals surface area contributed by atoms with Crippen LogP contribution >= 0.6 is 0 Å². The molecule has 2 nitrogen and oxygen atoms in total. The molecule has 2 heteroatoms. The highest BCUT2D eigenvalue weighted by Gasteiger charge is 1.99. The molecule has 0 amide bonds. The average Bonchev–Trinajstić information content (AvgIpc) is 2.22. The molecule has 9 heavy (non-hydrogen) atoms. The summed E-state index contributed by atoms with van der Waals surface area (Å²) in [4.78, 5) is 0. The summed E-state index contributed by atoms with van der Waals surface area (Å²) in [6.45, 7) is 3.60. The van der Waals surface area contributed by atoms with Gasteiger partial charge in [-0.05, 0) is 0 Å². The van der Waals surface area contributed by atoms with Crippen LogP contribution in [-0.2, 0) is 0 Å². The topological polar surface area (TPSA) is 26.3 Å². The minimum atomic E-state index is 0. The van der Waals surface area contributed by atoms with E-state index in [0.29, 0.717) is 5.76 Å². The quantitative estimate of drug-likeness (QED) is 0.536. The summed E-state index contributed by atoms with van der Waals surface area (Å²) in [5, 5.41) is 0. The fourth-order valence-electron chi connectivity index (χ4n) is 0.816. The molecular formula is C7H6O2+. The Morgan fingerprint density at radius 1 is 1.44 bits per heavy atom. The van der Waals surface area contributed by atoms with Gasteiger partial charge >= 0.3 is 1.43 Å². The molecular weight excluding hydrogens is 116 g/mol. The van der Waals surface area contributed by atoms with Gasteiger partial charge in [0, 0.05) is 19.1 Å². The second kappa shape index (κ2) is 1.41. The third-order valence-corrected chi connectivity index (χ3v) is 1.19. The molecule has 0 unspecified atom stereocenters. The van der Waals surface area contributed by atoms with Gasteiger partial charge < -0.3 is 8.83 Å². The van der Waals surface area contributed by atoms with Crippen LogP contribution in [0.5, 0.6) is 0 Å². The first-order chi connectivity index (χ1) is 4.36. The number of furan rings is 2. The predicted octanol–water partition coefficient (Wildman–Crippen LogP) is 2.32. The Morgan fingerprint density at radius 3 is 3.11 bits per heavy atom. The molecule has 0 fully saturated rings. The van der Waals surface area contributed by atoms with Crippen LogP contribution in [0, 0.1) is 6.92 Å². The van der Waals surface area contributed by atoms with Crippen LogP contribution in [0.2, 0.25) is 0 Å².